The largest absolute Gasteiger partial charge is 0.364 e. The van der Waals surface area contributed by atoms with Gasteiger partial charge in [-0.15, -0.1) is 0 Å². The van der Waals surface area contributed by atoms with Crippen LogP contribution in [0.2, 0.25) is 0 Å². The maximum absolute atomic E-state index is 12.1. The Morgan fingerprint density at radius 3 is 2.35 bits per heavy atom. The van der Waals surface area contributed by atoms with E-state index in [-0.39, 0.29) is 17.8 Å². The summed E-state index contributed by atoms with van der Waals surface area (Å²) in [5.74, 6) is 0.950. The molecule has 10 nitrogen and oxygen atoms in total. The molecule has 3 heterocycles. The predicted molar refractivity (Wildman–Crippen MR) is 158 cm³/mol. The number of primary amides is 1. The fourth-order valence-electron chi connectivity index (χ4n) is 6.43. The van der Waals surface area contributed by atoms with Crippen LogP contribution >= 0.6 is 0 Å². The molecule has 216 valence electrons. The van der Waals surface area contributed by atoms with Crippen LogP contribution in [0.1, 0.15) is 79.8 Å². The van der Waals surface area contributed by atoms with E-state index in [4.69, 9.17) is 10.7 Å². The maximum atomic E-state index is 12.1. The van der Waals surface area contributed by atoms with E-state index in [2.05, 4.69) is 49.7 Å². The van der Waals surface area contributed by atoms with Crippen LogP contribution in [0.4, 0.5) is 22.1 Å². The highest BCUT2D eigenvalue weighted by atomic mass is 16.2. The topological polar surface area (TPSA) is 120 Å². The molecule has 1 atom stereocenters. The van der Waals surface area contributed by atoms with Crippen LogP contribution in [0.25, 0.3) is 0 Å². The number of carbonyl (C=O) groups excluding carboxylic acids is 2. The van der Waals surface area contributed by atoms with Crippen LogP contribution in [-0.2, 0) is 0 Å². The van der Waals surface area contributed by atoms with E-state index in [1.54, 1.807) is 20.3 Å². The molecule has 1 aromatic carbocycles. The zero-order valence-electron chi connectivity index (χ0n) is 23.9. The number of carbonyl (C=O) groups is 2. The van der Waals surface area contributed by atoms with Crippen LogP contribution in [-0.4, -0.2) is 84.1 Å². The van der Waals surface area contributed by atoms with Crippen molar-refractivity contribution in [2.45, 2.75) is 75.8 Å². The highest BCUT2D eigenvalue weighted by Gasteiger charge is 2.27. The van der Waals surface area contributed by atoms with Crippen molar-refractivity contribution in [2.24, 2.45) is 5.73 Å². The second kappa shape index (κ2) is 12.8. The molecule has 2 saturated heterocycles. The van der Waals surface area contributed by atoms with E-state index in [1.807, 2.05) is 0 Å². The summed E-state index contributed by atoms with van der Waals surface area (Å²) in [6, 6.07) is 9.18. The van der Waals surface area contributed by atoms with Gasteiger partial charge in [0.05, 0.1) is 6.20 Å². The first-order valence-electron chi connectivity index (χ1n) is 14.9. The van der Waals surface area contributed by atoms with E-state index in [9.17, 15) is 9.59 Å². The fourth-order valence-corrected chi connectivity index (χ4v) is 6.43. The minimum atomic E-state index is -0.627. The lowest BCUT2D eigenvalue weighted by molar-refractivity contribution is 0.0996. The monoisotopic (exact) mass is 548 g/mol. The van der Waals surface area contributed by atoms with Crippen molar-refractivity contribution in [1.82, 2.24) is 25.1 Å². The Hall–Kier alpha value is -3.40. The third-order valence-electron chi connectivity index (χ3n) is 8.74. The van der Waals surface area contributed by atoms with Crippen LogP contribution in [0.3, 0.4) is 0 Å². The Labute approximate surface area is 237 Å². The van der Waals surface area contributed by atoms with Gasteiger partial charge in [-0.3, -0.25) is 4.79 Å². The third kappa shape index (κ3) is 6.83. The second-order valence-corrected chi connectivity index (χ2v) is 11.8. The lowest BCUT2D eigenvalue weighted by Gasteiger charge is -2.39. The summed E-state index contributed by atoms with van der Waals surface area (Å²) in [5.41, 5.74) is 7.95. The molecule has 1 aromatic heterocycles. The quantitative estimate of drug-likeness (QED) is 0.477. The third-order valence-corrected chi connectivity index (χ3v) is 8.74. The van der Waals surface area contributed by atoms with Crippen LogP contribution in [0.5, 0.6) is 0 Å². The molecule has 40 heavy (non-hydrogen) atoms. The van der Waals surface area contributed by atoms with Crippen molar-refractivity contribution in [1.29, 1.82) is 0 Å². The van der Waals surface area contributed by atoms with E-state index in [0.717, 1.165) is 31.1 Å². The molecule has 1 saturated carbocycles. The number of urea groups is 1. The summed E-state index contributed by atoms with van der Waals surface area (Å²) < 4.78 is 0. The molecule has 5 rings (SSSR count). The van der Waals surface area contributed by atoms with Crippen molar-refractivity contribution in [3.05, 3.63) is 41.7 Å². The number of aromatic nitrogens is 2. The SMILES string of the molecule is CN(C)C(=O)NC1CCCN(c2cnc(C(N)=O)c(Nc3ccc(C4CCN(C5CCCCC5)CC4)cc3)n2)C1. The summed E-state index contributed by atoms with van der Waals surface area (Å²) in [5, 5.41) is 6.34. The first kappa shape index (κ1) is 28.1. The number of anilines is 3. The number of benzene rings is 1. The van der Waals surface area contributed by atoms with Gasteiger partial charge >= 0.3 is 6.03 Å². The summed E-state index contributed by atoms with van der Waals surface area (Å²) in [4.78, 5) is 39.8. The summed E-state index contributed by atoms with van der Waals surface area (Å²) in [6.45, 7) is 3.80. The molecular formula is C30H44N8O2. The van der Waals surface area contributed by atoms with Crippen molar-refractivity contribution < 1.29 is 9.59 Å². The van der Waals surface area contributed by atoms with Gasteiger partial charge < -0.3 is 31.1 Å². The molecule has 2 aliphatic heterocycles. The Bertz CT molecular complexity index is 1160. The normalized spacial score (nSPS) is 21.1. The van der Waals surface area contributed by atoms with E-state index in [1.165, 1.54) is 68.5 Å². The summed E-state index contributed by atoms with van der Waals surface area (Å²) in [6.07, 6.45) is 12.7. The molecule has 0 radical (unpaired) electrons. The highest BCUT2D eigenvalue weighted by Crippen LogP contribution is 2.33. The van der Waals surface area contributed by atoms with Gasteiger partial charge in [-0.1, -0.05) is 31.4 Å². The lowest BCUT2D eigenvalue weighted by atomic mass is 9.86. The molecule has 3 fully saturated rings. The van der Waals surface area contributed by atoms with Gasteiger partial charge in [0.2, 0.25) is 0 Å². The van der Waals surface area contributed by atoms with Gasteiger partial charge in [0.25, 0.3) is 5.91 Å². The smallest absolute Gasteiger partial charge is 0.317 e. The Morgan fingerprint density at radius 1 is 0.950 bits per heavy atom. The number of hydrogen-bond donors (Lipinski definition) is 3. The van der Waals surface area contributed by atoms with Gasteiger partial charge in [-0.2, -0.15) is 0 Å². The average molecular weight is 549 g/mol. The van der Waals surface area contributed by atoms with Crippen molar-refractivity contribution in [3.63, 3.8) is 0 Å². The number of hydrogen-bond acceptors (Lipinski definition) is 7. The fraction of sp³-hybridized carbons (Fsp3) is 0.600. The highest BCUT2D eigenvalue weighted by molar-refractivity contribution is 5.96. The Kier molecular flexibility index (Phi) is 9.04. The minimum absolute atomic E-state index is 0.0137. The van der Waals surface area contributed by atoms with Gasteiger partial charge in [-0.05, 0) is 75.2 Å². The molecule has 0 bridgehead atoms. The van der Waals surface area contributed by atoms with E-state index >= 15 is 0 Å². The predicted octanol–water partition coefficient (Wildman–Crippen LogP) is 4.07. The molecule has 3 aliphatic rings. The van der Waals surface area contributed by atoms with Crippen molar-refractivity contribution in [3.8, 4) is 0 Å². The van der Waals surface area contributed by atoms with Gasteiger partial charge in [-0.25, -0.2) is 14.8 Å². The first-order valence-corrected chi connectivity index (χ1v) is 14.9. The van der Waals surface area contributed by atoms with Gasteiger partial charge in [0, 0.05) is 45.0 Å². The number of nitrogens with one attached hydrogen (secondary N) is 2. The molecule has 10 heteroatoms. The molecule has 1 unspecified atom stereocenters. The van der Waals surface area contributed by atoms with Gasteiger partial charge in [0.15, 0.2) is 11.5 Å². The number of piperidine rings is 2. The molecule has 3 amide bonds. The minimum Gasteiger partial charge on any atom is -0.364 e. The Balaban J connectivity index is 1.23. The summed E-state index contributed by atoms with van der Waals surface area (Å²) >= 11 is 0. The number of amides is 3. The van der Waals surface area contributed by atoms with Crippen molar-refractivity contribution in [2.75, 3.05) is 50.5 Å². The van der Waals surface area contributed by atoms with Crippen LogP contribution in [0.15, 0.2) is 30.5 Å². The zero-order chi connectivity index (χ0) is 28.1. The number of likely N-dealkylation sites (tertiary alicyclic amines) is 1. The number of nitrogens with two attached hydrogens (primary N) is 1. The number of nitrogens with zero attached hydrogens (tertiary/aromatic N) is 5. The molecule has 2 aromatic rings. The molecule has 4 N–H and O–H groups in total. The molecule has 1 aliphatic carbocycles. The zero-order valence-corrected chi connectivity index (χ0v) is 23.9. The molecule has 0 spiro atoms. The number of rotatable bonds is 7. The molecular weight excluding hydrogens is 504 g/mol. The Morgan fingerprint density at radius 2 is 1.68 bits per heavy atom. The van der Waals surface area contributed by atoms with Crippen molar-refractivity contribution >= 4 is 29.3 Å². The van der Waals surface area contributed by atoms with E-state index in [0.29, 0.717) is 24.1 Å². The van der Waals surface area contributed by atoms with E-state index < -0.39 is 5.91 Å². The first-order chi connectivity index (χ1) is 19.4. The van der Waals surface area contributed by atoms with Crippen LogP contribution < -0.4 is 21.3 Å². The second-order valence-electron chi connectivity index (χ2n) is 11.8. The lowest BCUT2D eigenvalue weighted by Crippen LogP contribution is -2.50. The summed E-state index contributed by atoms with van der Waals surface area (Å²) in [7, 11) is 3.46. The van der Waals surface area contributed by atoms with Gasteiger partial charge in [0.1, 0.15) is 5.82 Å². The van der Waals surface area contributed by atoms with Crippen LogP contribution in [0, 0.1) is 0 Å². The average Bonchev–Trinajstić information content (AvgIpc) is 2.98. The maximum Gasteiger partial charge on any atom is 0.317 e. The standard InChI is InChI=1S/C30H44N8O2/c1-36(2)30(40)34-24-7-6-16-38(20-24)26-19-32-27(28(31)39)29(35-26)33-23-12-10-21(11-13-23)22-14-17-37(18-15-22)25-8-4-3-5-9-25/h10-13,19,22,24-25H,3-9,14-18,20H2,1-2H3,(H2,31,39)(H,33,35)(H,34,40).